The molecule has 1 aliphatic heterocycles. The summed E-state index contributed by atoms with van der Waals surface area (Å²) >= 11 is 0. The molecule has 1 aromatic heterocycles. The molecule has 6 nitrogen and oxygen atoms in total. The number of aromatic nitrogens is 2. The van der Waals surface area contributed by atoms with Crippen molar-refractivity contribution in [2.75, 3.05) is 39.2 Å². The number of carbonyl (C=O) groups is 1. The van der Waals surface area contributed by atoms with Crippen molar-refractivity contribution in [2.45, 2.75) is 12.8 Å². The topological polar surface area (TPSA) is 58.6 Å². The summed E-state index contributed by atoms with van der Waals surface area (Å²) in [7, 11) is 5.56. The Kier molecular flexibility index (Phi) is 4.64. The van der Waals surface area contributed by atoms with Crippen LogP contribution in [0.4, 0.5) is 5.82 Å². The van der Waals surface area contributed by atoms with Gasteiger partial charge in [0.05, 0.1) is 12.8 Å². The van der Waals surface area contributed by atoms with E-state index >= 15 is 0 Å². The van der Waals surface area contributed by atoms with E-state index in [9.17, 15) is 4.79 Å². The normalized spacial score (nSPS) is 13.9. The Morgan fingerprint density at radius 2 is 2.00 bits per heavy atom. The molecule has 0 unspecified atom stereocenters. The zero-order valence-electron chi connectivity index (χ0n) is 14.3. The molecule has 1 amide bonds. The van der Waals surface area contributed by atoms with Crippen molar-refractivity contribution in [2.24, 2.45) is 0 Å². The highest BCUT2D eigenvalue weighted by Gasteiger charge is 2.23. The van der Waals surface area contributed by atoms with Crippen LogP contribution in [0.15, 0.2) is 30.6 Å². The fourth-order valence-corrected chi connectivity index (χ4v) is 3.04. The number of nitrogens with zero attached hydrogens (tertiary/aromatic N) is 4. The Morgan fingerprint density at radius 1 is 1.21 bits per heavy atom. The minimum absolute atomic E-state index is 0.0288. The van der Waals surface area contributed by atoms with E-state index in [1.54, 1.807) is 19.5 Å². The lowest BCUT2D eigenvalue weighted by Crippen LogP contribution is -2.33. The average Bonchev–Trinajstić information content (AvgIpc) is 2.83. The number of hydrogen-bond donors (Lipinski definition) is 0. The summed E-state index contributed by atoms with van der Waals surface area (Å²) in [5, 5.41) is 0. The third kappa shape index (κ3) is 3.18. The number of hydrogen-bond acceptors (Lipinski definition) is 5. The van der Waals surface area contributed by atoms with E-state index in [1.807, 2.05) is 42.1 Å². The molecule has 2 heterocycles. The van der Waals surface area contributed by atoms with Gasteiger partial charge < -0.3 is 14.5 Å². The van der Waals surface area contributed by atoms with Crippen molar-refractivity contribution in [3.8, 4) is 5.75 Å². The molecule has 24 heavy (non-hydrogen) atoms. The van der Waals surface area contributed by atoms with Crippen LogP contribution in [-0.4, -0.2) is 55.1 Å². The van der Waals surface area contributed by atoms with Crippen molar-refractivity contribution in [1.82, 2.24) is 14.9 Å². The van der Waals surface area contributed by atoms with E-state index < -0.39 is 0 Å². The number of methoxy groups -OCH3 is 1. The summed E-state index contributed by atoms with van der Waals surface area (Å²) in [5.41, 5.74) is 2.83. The zero-order chi connectivity index (χ0) is 17.1. The molecular formula is C18H22N4O2. The molecule has 0 radical (unpaired) electrons. The van der Waals surface area contributed by atoms with Crippen molar-refractivity contribution in [3.63, 3.8) is 0 Å². The molecule has 0 N–H and O–H groups in total. The monoisotopic (exact) mass is 326 g/mol. The number of benzene rings is 1. The fourth-order valence-electron chi connectivity index (χ4n) is 3.04. The van der Waals surface area contributed by atoms with Crippen LogP contribution in [0.5, 0.6) is 5.75 Å². The first-order valence-electron chi connectivity index (χ1n) is 8.03. The number of ether oxygens (including phenoxy) is 1. The molecular weight excluding hydrogens is 304 g/mol. The number of fused-ring (bicyclic) bond motifs is 1. The van der Waals surface area contributed by atoms with Crippen LogP contribution >= 0.6 is 0 Å². The fraction of sp³-hybridized carbons (Fsp3) is 0.389. The number of amides is 1. The highest BCUT2D eigenvalue weighted by molar-refractivity contribution is 5.94. The lowest BCUT2D eigenvalue weighted by Gasteiger charge is -2.20. The molecule has 0 spiro atoms. The molecule has 0 bridgehead atoms. The predicted molar refractivity (Wildman–Crippen MR) is 92.7 cm³/mol. The first kappa shape index (κ1) is 16.2. The summed E-state index contributed by atoms with van der Waals surface area (Å²) < 4.78 is 5.22. The van der Waals surface area contributed by atoms with Gasteiger partial charge in [0.2, 0.25) is 0 Å². The summed E-state index contributed by atoms with van der Waals surface area (Å²) in [6.45, 7) is 1.32. The second-order valence-corrected chi connectivity index (χ2v) is 6.04. The quantitative estimate of drug-likeness (QED) is 0.861. The van der Waals surface area contributed by atoms with Crippen molar-refractivity contribution >= 4 is 11.7 Å². The third-order valence-electron chi connectivity index (χ3n) is 4.29. The van der Waals surface area contributed by atoms with Crippen LogP contribution in [0.1, 0.15) is 21.6 Å². The first-order chi connectivity index (χ1) is 11.6. The van der Waals surface area contributed by atoms with Crippen LogP contribution in [0.25, 0.3) is 0 Å². The van der Waals surface area contributed by atoms with Crippen LogP contribution in [-0.2, 0) is 12.8 Å². The summed E-state index contributed by atoms with van der Waals surface area (Å²) in [5.74, 6) is 1.66. The van der Waals surface area contributed by atoms with E-state index in [0.717, 1.165) is 29.9 Å². The lowest BCUT2D eigenvalue weighted by atomic mass is 10.1. The number of anilines is 1. The van der Waals surface area contributed by atoms with Crippen LogP contribution < -0.4 is 9.64 Å². The van der Waals surface area contributed by atoms with Gasteiger partial charge in [-0.05, 0) is 24.6 Å². The molecule has 0 fully saturated rings. The van der Waals surface area contributed by atoms with Gasteiger partial charge in [0.1, 0.15) is 17.9 Å². The highest BCUT2D eigenvalue weighted by Crippen LogP contribution is 2.23. The van der Waals surface area contributed by atoms with E-state index in [2.05, 4.69) is 9.97 Å². The second kappa shape index (κ2) is 6.86. The molecule has 0 atom stereocenters. The SMILES string of the molecule is COc1cccc(C(=O)N2CCc3ncnc(N(C)C)c3CC2)c1. The van der Waals surface area contributed by atoms with Crippen LogP contribution in [0.2, 0.25) is 0 Å². The standard InChI is InChI=1S/C18H22N4O2/c1-21(2)17-15-7-9-22(10-8-16(15)19-12-20-17)18(23)13-5-4-6-14(11-13)24-3/h4-6,11-12H,7-10H2,1-3H3. The highest BCUT2D eigenvalue weighted by atomic mass is 16.5. The average molecular weight is 326 g/mol. The van der Waals surface area contributed by atoms with E-state index in [4.69, 9.17) is 4.74 Å². The second-order valence-electron chi connectivity index (χ2n) is 6.04. The van der Waals surface area contributed by atoms with Gasteiger partial charge in [-0.1, -0.05) is 6.07 Å². The Morgan fingerprint density at radius 3 is 2.75 bits per heavy atom. The van der Waals surface area contributed by atoms with Gasteiger partial charge in [-0.25, -0.2) is 9.97 Å². The van der Waals surface area contributed by atoms with Crippen LogP contribution in [0, 0.1) is 0 Å². The molecule has 1 aromatic carbocycles. The molecule has 2 aromatic rings. The maximum absolute atomic E-state index is 12.8. The van der Waals surface area contributed by atoms with Gasteiger partial charge in [-0.3, -0.25) is 4.79 Å². The van der Waals surface area contributed by atoms with Gasteiger partial charge in [0, 0.05) is 44.7 Å². The summed E-state index contributed by atoms with van der Waals surface area (Å²) in [6.07, 6.45) is 3.11. The molecule has 0 saturated carbocycles. The zero-order valence-corrected chi connectivity index (χ0v) is 14.3. The smallest absolute Gasteiger partial charge is 0.254 e. The van der Waals surface area contributed by atoms with E-state index in [-0.39, 0.29) is 5.91 Å². The molecule has 0 aliphatic carbocycles. The lowest BCUT2D eigenvalue weighted by molar-refractivity contribution is 0.0762. The molecule has 6 heteroatoms. The largest absolute Gasteiger partial charge is 0.497 e. The van der Waals surface area contributed by atoms with Gasteiger partial charge in [0.25, 0.3) is 5.91 Å². The van der Waals surface area contributed by atoms with Crippen LogP contribution in [0.3, 0.4) is 0 Å². The Balaban J connectivity index is 1.81. The predicted octanol–water partition coefficient (Wildman–Crippen LogP) is 1.79. The van der Waals surface area contributed by atoms with E-state index in [0.29, 0.717) is 24.4 Å². The molecule has 3 rings (SSSR count). The summed E-state index contributed by atoms with van der Waals surface area (Å²) in [6, 6.07) is 7.29. The number of carbonyl (C=O) groups excluding carboxylic acids is 1. The van der Waals surface area contributed by atoms with Gasteiger partial charge in [-0.2, -0.15) is 0 Å². The van der Waals surface area contributed by atoms with Crippen molar-refractivity contribution < 1.29 is 9.53 Å². The van der Waals surface area contributed by atoms with E-state index in [1.165, 1.54) is 0 Å². The van der Waals surface area contributed by atoms with Crippen molar-refractivity contribution in [1.29, 1.82) is 0 Å². The third-order valence-corrected chi connectivity index (χ3v) is 4.29. The minimum Gasteiger partial charge on any atom is -0.497 e. The van der Waals surface area contributed by atoms with Gasteiger partial charge in [0.15, 0.2) is 0 Å². The Hall–Kier alpha value is -2.63. The van der Waals surface area contributed by atoms with Gasteiger partial charge >= 0.3 is 0 Å². The molecule has 126 valence electrons. The number of rotatable bonds is 3. The summed E-state index contributed by atoms with van der Waals surface area (Å²) in [4.78, 5) is 25.5. The Bertz CT molecular complexity index is 746. The van der Waals surface area contributed by atoms with Gasteiger partial charge in [-0.15, -0.1) is 0 Å². The molecule has 0 saturated heterocycles. The molecule has 1 aliphatic rings. The van der Waals surface area contributed by atoms with Crippen molar-refractivity contribution in [3.05, 3.63) is 47.4 Å². The Labute approximate surface area is 142 Å². The minimum atomic E-state index is 0.0288. The first-order valence-corrected chi connectivity index (χ1v) is 8.03. The maximum atomic E-state index is 12.8. The maximum Gasteiger partial charge on any atom is 0.254 e.